The van der Waals surface area contributed by atoms with Crippen molar-refractivity contribution < 1.29 is 4.79 Å². The van der Waals surface area contributed by atoms with E-state index in [4.69, 9.17) is 17.3 Å². The Kier molecular flexibility index (Phi) is 2.71. The molecular formula is C9H10ClNO. The van der Waals surface area contributed by atoms with Crippen molar-refractivity contribution in [3.63, 3.8) is 0 Å². The second-order valence-corrected chi connectivity index (χ2v) is 3.08. The summed E-state index contributed by atoms with van der Waals surface area (Å²) in [6, 6.07) is 6.98. The lowest BCUT2D eigenvalue weighted by molar-refractivity contribution is -0.116. The molecule has 0 saturated carbocycles. The molecule has 0 spiro atoms. The van der Waals surface area contributed by atoms with Crippen molar-refractivity contribution in [3.05, 3.63) is 29.8 Å². The third kappa shape index (κ3) is 1.98. The van der Waals surface area contributed by atoms with Crippen molar-refractivity contribution in [1.82, 2.24) is 0 Å². The number of rotatable bonds is 2. The molecule has 1 atom stereocenters. The summed E-state index contributed by atoms with van der Waals surface area (Å²) in [5.74, 6) is -0.0542. The van der Waals surface area contributed by atoms with Gasteiger partial charge in [-0.3, -0.25) is 4.79 Å². The van der Waals surface area contributed by atoms with Crippen LogP contribution in [0.3, 0.4) is 0 Å². The summed E-state index contributed by atoms with van der Waals surface area (Å²) < 4.78 is 0. The lowest BCUT2D eigenvalue weighted by Crippen LogP contribution is -2.01. The molecule has 64 valence electrons. The zero-order chi connectivity index (χ0) is 9.14. The van der Waals surface area contributed by atoms with Gasteiger partial charge in [0.2, 0.25) is 0 Å². The van der Waals surface area contributed by atoms with Gasteiger partial charge in [0, 0.05) is 5.69 Å². The first-order chi connectivity index (χ1) is 5.61. The second-order valence-electron chi connectivity index (χ2n) is 2.64. The maximum Gasteiger partial charge on any atom is 0.152 e. The van der Waals surface area contributed by atoms with Crippen molar-refractivity contribution >= 4 is 23.1 Å². The minimum Gasteiger partial charge on any atom is -0.399 e. The number of nitrogen functional groups attached to an aromatic ring is 1. The molecule has 0 fully saturated rings. The highest BCUT2D eigenvalue weighted by atomic mass is 35.5. The van der Waals surface area contributed by atoms with E-state index in [1.165, 1.54) is 6.92 Å². The SMILES string of the molecule is CC(=O)C(Cl)c1ccc(N)cc1. The van der Waals surface area contributed by atoms with Gasteiger partial charge in [-0.15, -0.1) is 11.6 Å². The lowest BCUT2D eigenvalue weighted by atomic mass is 10.1. The van der Waals surface area contributed by atoms with Gasteiger partial charge in [-0.2, -0.15) is 0 Å². The Bertz CT molecular complexity index is 281. The van der Waals surface area contributed by atoms with Crippen molar-refractivity contribution in [2.24, 2.45) is 0 Å². The summed E-state index contributed by atoms with van der Waals surface area (Å²) in [5.41, 5.74) is 6.94. The number of anilines is 1. The first kappa shape index (κ1) is 9.07. The minimum absolute atomic E-state index is 0.0542. The van der Waals surface area contributed by atoms with Crippen LogP contribution in [0.25, 0.3) is 0 Å². The zero-order valence-corrected chi connectivity index (χ0v) is 7.51. The van der Waals surface area contributed by atoms with Gasteiger partial charge in [0.1, 0.15) is 5.38 Å². The number of carbonyl (C=O) groups is 1. The molecule has 0 amide bonds. The van der Waals surface area contributed by atoms with Crippen LogP contribution in [-0.4, -0.2) is 5.78 Å². The number of ketones is 1. The Morgan fingerprint density at radius 2 is 1.92 bits per heavy atom. The van der Waals surface area contributed by atoms with Gasteiger partial charge < -0.3 is 5.73 Å². The number of halogens is 1. The molecule has 0 aliphatic carbocycles. The molecule has 2 N–H and O–H groups in total. The second kappa shape index (κ2) is 3.59. The summed E-state index contributed by atoms with van der Waals surface area (Å²) >= 11 is 5.80. The van der Waals surface area contributed by atoms with Gasteiger partial charge in [-0.1, -0.05) is 12.1 Å². The van der Waals surface area contributed by atoms with Crippen LogP contribution in [0.4, 0.5) is 5.69 Å². The van der Waals surface area contributed by atoms with Crippen LogP contribution in [0.2, 0.25) is 0 Å². The van der Waals surface area contributed by atoms with E-state index in [0.29, 0.717) is 5.69 Å². The van der Waals surface area contributed by atoms with Crippen LogP contribution in [0.5, 0.6) is 0 Å². The number of nitrogens with two attached hydrogens (primary N) is 1. The average molecular weight is 184 g/mol. The summed E-state index contributed by atoms with van der Waals surface area (Å²) in [5, 5.41) is -0.550. The molecule has 1 aromatic rings. The highest BCUT2D eigenvalue weighted by molar-refractivity contribution is 6.30. The Morgan fingerprint density at radius 3 is 2.33 bits per heavy atom. The first-order valence-corrected chi connectivity index (χ1v) is 4.05. The van der Waals surface area contributed by atoms with E-state index in [0.717, 1.165) is 5.56 Å². The number of benzene rings is 1. The summed E-state index contributed by atoms with van der Waals surface area (Å²) in [6.45, 7) is 1.47. The molecule has 1 aromatic carbocycles. The smallest absolute Gasteiger partial charge is 0.152 e. The van der Waals surface area contributed by atoms with E-state index < -0.39 is 5.38 Å². The maximum absolute atomic E-state index is 10.9. The predicted octanol–water partition coefficient (Wildman–Crippen LogP) is 2.14. The van der Waals surface area contributed by atoms with Gasteiger partial charge in [-0.05, 0) is 24.6 Å². The van der Waals surface area contributed by atoms with Crippen LogP contribution < -0.4 is 5.73 Å². The Morgan fingerprint density at radius 1 is 1.42 bits per heavy atom. The molecule has 0 aliphatic rings. The molecule has 3 heteroatoms. The van der Waals surface area contributed by atoms with Crippen LogP contribution in [-0.2, 0) is 4.79 Å². The van der Waals surface area contributed by atoms with E-state index in [1.807, 2.05) is 0 Å². The van der Waals surface area contributed by atoms with Crippen molar-refractivity contribution in [2.45, 2.75) is 12.3 Å². The number of hydrogen-bond acceptors (Lipinski definition) is 2. The molecule has 0 aliphatic heterocycles. The molecule has 12 heavy (non-hydrogen) atoms. The molecule has 1 rings (SSSR count). The highest BCUT2D eigenvalue weighted by Crippen LogP contribution is 2.21. The lowest BCUT2D eigenvalue weighted by Gasteiger charge is -2.04. The van der Waals surface area contributed by atoms with Crippen LogP contribution in [0.15, 0.2) is 24.3 Å². The Hall–Kier alpha value is -1.02. The van der Waals surface area contributed by atoms with Crippen LogP contribution in [0.1, 0.15) is 17.9 Å². The maximum atomic E-state index is 10.9. The fourth-order valence-corrected chi connectivity index (χ4v) is 1.05. The average Bonchev–Trinajstić information content (AvgIpc) is 2.04. The van der Waals surface area contributed by atoms with Gasteiger partial charge in [0.15, 0.2) is 5.78 Å². The number of alkyl halides is 1. The van der Waals surface area contributed by atoms with Crippen molar-refractivity contribution in [2.75, 3.05) is 5.73 Å². The largest absolute Gasteiger partial charge is 0.399 e. The normalized spacial score (nSPS) is 12.5. The van der Waals surface area contributed by atoms with Crippen molar-refractivity contribution in [1.29, 1.82) is 0 Å². The standard InChI is InChI=1S/C9H10ClNO/c1-6(12)9(10)7-2-4-8(11)5-3-7/h2-5,9H,11H2,1H3. The first-order valence-electron chi connectivity index (χ1n) is 3.61. The molecule has 2 nitrogen and oxygen atoms in total. The van der Waals surface area contributed by atoms with Gasteiger partial charge in [0.25, 0.3) is 0 Å². The molecular weight excluding hydrogens is 174 g/mol. The fourth-order valence-electron chi connectivity index (χ4n) is 0.900. The predicted molar refractivity (Wildman–Crippen MR) is 50.1 cm³/mol. The van der Waals surface area contributed by atoms with Crippen molar-refractivity contribution in [3.8, 4) is 0 Å². The summed E-state index contributed by atoms with van der Waals surface area (Å²) in [7, 11) is 0. The van der Waals surface area contributed by atoms with Gasteiger partial charge >= 0.3 is 0 Å². The Balaban J connectivity index is 2.89. The molecule has 0 saturated heterocycles. The van der Waals surface area contributed by atoms with Gasteiger partial charge in [-0.25, -0.2) is 0 Å². The van der Waals surface area contributed by atoms with E-state index in [-0.39, 0.29) is 5.78 Å². The van der Waals surface area contributed by atoms with Gasteiger partial charge in [0.05, 0.1) is 0 Å². The van der Waals surface area contributed by atoms with E-state index in [2.05, 4.69) is 0 Å². The Labute approximate surface area is 76.3 Å². The summed E-state index contributed by atoms with van der Waals surface area (Å²) in [4.78, 5) is 10.9. The number of hydrogen-bond donors (Lipinski definition) is 1. The van der Waals surface area contributed by atoms with E-state index >= 15 is 0 Å². The molecule has 1 unspecified atom stereocenters. The fraction of sp³-hybridized carbons (Fsp3) is 0.222. The van der Waals surface area contributed by atoms with E-state index in [1.54, 1.807) is 24.3 Å². The molecule has 0 radical (unpaired) electrons. The number of carbonyl (C=O) groups excluding carboxylic acids is 1. The number of Topliss-reactive ketones (excluding diaryl/α,β-unsaturated/α-hetero) is 1. The summed E-state index contributed by atoms with van der Waals surface area (Å²) in [6.07, 6.45) is 0. The monoisotopic (exact) mass is 183 g/mol. The molecule has 0 bridgehead atoms. The highest BCUT2D eigenvalue weighted by Gasteiger charge is 2.11. The molecule has 0 heterocycles. The minimum atomic E-state index is -0.550. The van der Waals surface area contributed by atoms with Crippen LogP contribution in [0, 0.1) is 0 Å². The third-order valence-corrected chi connectivity index (χ3v) is 2.15. The molecule has 0 aromatic heterocycles. The van der Waals surface area contributed by atoms with Crippen LogP contribution >= 0.6 is 11.6 Å². The topological polar surface area (TPSA) is 43.1 Å². The van der Waals surface area contributed by atoms with E-state index in [9.17, 15) is 4.79 Å². The quantitative estimate of drug-likeness (QED) is 0.564. The zero-order valence-electron chi connectivity index (χ0n) is 6.75. The third-order valence-electron chi connectivity index (χ3n) is 1.59.